The molecule has 0 radical (unpaired) electrons. The first-order valence-electron chi connectivity index (χ1n) is 5.71. The van der Waals surface area contributed by atoms with Crippen LogP contribution in [-0.2, 0) is 13.1 Å². The lowest BCUT2D eigenvalue weighted by Gasteiger charge is -2.06. The van der Waals surface area contributed by atoms with Gasteiger partial charge in [-0.05, 0) is 36.2 Å². The zero-order valence-electron chi connectivity index (χ0n) is 10.1. The van der Waals surface area contributed by atoms with Gasteiger partial charge in [-0.1, -0.05) is 23.7 Å². The van der Waals surface area contributed by atoms with Crippen LogP contribution < -0.4 is 5.32 Å². The Hall–Kier alpha value is -1.45. The van der Waals surface area contributed by atoms with Crippen molar-refractivity contribution in [1.82, 2.24) is 10.3 Å². The van der Waals surface area contributed by atoms with Crippen LogP contribution in [0.2, 0.25) is 5.02 Å². The van der Waals surface area contributed by atoms with Crippen LogP contribution in [0.25, 0.3) is 0 Å². The van der Waals surface area contributed by atoms with E-state index in [2.05, 4.69) is 10.3 Å². The Bertz CT molecular complexity index is 526. The minimum atomic E-state index is -0.382. The third-order valence-electron chi connectivity index (χ3n) is 2.61. The van der Waals surface area contributed by atoms with Gasteiger partial charge >= 0.3 is 0 Å². The fraction of sp³-hybridized carbons (Fsp3) is 0.214. The van der Waals surface area contributed by atoms with Gasteiger partial charge < -0.3 is 5.32 Å². The summed E-state index contributed by atoms with van der Waals surface area (Å²) in [6.07, 6.45) is 1.84. The van der Waals surface area contributed by atoms with E-state index in [1.54, 1.807) is 6.07 Å². The zero-order chi connectivity index (χ0) is 13.0. The molecule has 0 unspecified atom stereocenters. The van der Waals surface area contributed by atoms with Crippen molar-refractivity contribution < 1.29 is 4.39 Å². The van der Waals surface area contributed by atoms with Crippen LogP contribution in [0.1, 0.15) is 16.8 Å². The summed E-state index contributed by atoms with van der Waals surface area (Å²) in [6.45, 7) is 3.26. The van der Waals surface area contributed by atoms with Crippen molar-refractivity contribution in [2.45, 2.75) is 20.0 Å². The molecule has 2 aromatic rings. The van der Waals surface area contributed by atoms with Gasteiger partial charge in [-0.2, -0.15) is 0 Å². The maximum absolute atomic E-state index is 13.2. The molecule has 1 heterocycles. The topological polar surface area (TPSA) is 24.9 Å². The number of aryl methyl sites for hydroxylation is 1. The molecule has 0 aliphatic carbocycles. The highest BCUT2D eigenvalue weighted by molar-refractivity contribution is 6.30. The molecule has 1 N–H and O–H groups in total. The van der Waals surface area contributed by atoms with Gasteiger partial charge in [0.25, 0.3) is 0 Å². The number of rotatable bonds is 4. The van der Waals surface area contributed by atoms with Crippen molar-refractivity contribution in [1.29, 1.82) is 0 Å². The fourth-order valence-corrected chi connectivity index (χ4v) is 1.72. The van der Waals surface area contributed by atoms with E-state index in [0.29, 0.717) is 13.1 Å². The lowest BCUT2D eigenvalue weighted by molar-refractivity contribution is 0.620. The predicted molar refractivity (Wildman–Crippen MR) is 70.9 cm³/mol. The zero-order valence-corrected chi connectivity index (χ0v) is 10.8. The number of aromatic nitrogens is 1. The lowest BCUT2D eigenvalue weighted by atomic mass is 10.2. The van der Waals surface area contributed by atoms with E-state index in [9.17, 15) is 4.39 Å². The molecule has 0 saturated carbocycles. The Balaban J connectivity index is 1.88. The number of halogens is 2. The van der Waals surface area contributed by atoms with E-state index in [1.807, 2.05) is 31.3 Å². The second-order valence-corrected chi connectivity index (χ2v) is 4.57. The van der Waals surface area contributed by atoms with E-state index < -0.39 is 0 Å². The van der Waals surface area contributed by atoms with E-state index >= 15 is 0 Å². The first-order valence-corrected chi connectivity index (χ1v) is 6.09. The molecular weight excluding hydrogens is 251 g/mol. The van der Waals surface area contributed by atoms with Crippen molar-refractivity contribution >= 4 is 11.6 Å². The van der Waals surface area contributed by atoms with Crippen molar-refractivity contribution in [2.75, 3.05) is 0 Å². The summed E-state index contributed by atoms with van der Waals surface area (Å²) in [5.41, 5.74) is 2.98. The first kappa shape index (κ1) is 13.0. The molecule has 0 saturated heterocycles. The molecule has 1 aromatic carbocycles. The molecule has 0 aliphatic rings. The molecule has 1 aromatic heterocycles. The molecule has 18 heavy (non-hydrogen) atoms. The van der Waals surface area contributed by atoms with Gasteiger partial charge in [-0.15, -0.1) is 0 Å². The molecule has 0 aliphatic heterocycles. The average Bonchev–Trinajstić information content (AvgIpc) is 2.36. The monoisotopic (exact) mass is 264 g/mol. The number of hydrogen-bond acceptors (Lipinski definition) is 2. The maximum Gasteiger partial charge on any atom is 0.142 e. The second-order valence-electron chi connectivity index (χ2n) is 4.16. The minimum absolute atomic E-state index is 0.154. The highest BCUT2D eigenvalue weighted by Gasteiger charge is 2.01. The Kier molecular flexibility index (Phi) is 4.28. The minimum Gasteiger partial charge on any atom is -0.309 e. The standard InChI is InChI=1S/C14H14ClFN2/c1-10-2-3-12(9-18-10)8-17-7-11-4-5-13(15)14(16)6-11/h2-6,9,17H,7-8H2,1H3. The third-order valence-corrected chi connectivity index (χ3v) is 2.92. The molecule has 0 atom stereocenters. The van der Waals surface area contributed by atoms with Crippen LogP contribution in [-0.4, -0.2) is 4.98 Å². The smallest absolute Gasteiger partial charge is 0.142 e. The summed E-state index contributed by atoms with van der Waals surface area (Å²) in [5, 5.41) is 3.39. The molecule has 0 fully saturated rings. The van der Waals surface area contributed by atoms with Gasteiger partial charge in [0.1, 0.15) is 5.82 Å². The Morgan fingerprint density at radius 2 is 1.89 bits per heavy atom. The van der Waals surface area contributed by atoms with Gasteiger partial charge in [0.2, 0.25) is 0 Å². The van der Waals surface area contributed by atoms with Gasteiger partial charge in [0.15, 0.2) is 0 Å². The van der Waals surface area contributed by atoms with Crippen LogP contribution >= 0.6 is 11.6 Å². The highest BCUT2D eigenvalue weighted by Crippen LogP contribution is 2.15. The van der Waals surface area contributed by atoms with Crippen LogP contribution in [0.5, 0.6) is 0 Å². The largest absolute Gasteiger partial charge is 0.309 e. The summed E-state index contributed by atoms with van der Waals surface area (Å²) < 4.78 is 13.2. The van der Waals surface area contributed by atoms with Crippen molar-refractivity contribution in [3.63, 3.8) is 0 Å². The Labute approximate surface area is 111 Å². The summed E-state index contributed by atoms with van der Waals surface area (Å²) in [5.74, 6) is -0.382. The highest BCUT2D eigenvalue weighted by atomic mass is 35.5. The second kappa shape index (κ2) is 5.94. The van der Waals surface area contributed by atoms with Crippen molar-refractivity contribution in [3.8, 4) is 0 Å². The molecule has 2 rings (SSSR count). The third kappa shape index (κ3) is 3.52. The van der Waals surface area contributed by atoms with E-state index in [0.717, 1.165) is 16.8 Å². The Morgan fingerprint density at radius 1 is 1.17 bits per heavy atom. The molecule has 0 bridgehead atoms. The first-order chi connectivity index (χ1) is 8.65. The van der Waals surface area contributed by atoms with Gasteiger partial charge in [-0.25, -0.2) is 4.39 Å². The van der Waals surface area contributed by atoms with E-state index in [-0.39, 0.29) is 10.8 Å². The normalized spacial score (nSPS) is 10.6. The number of nitrogens with one attached hydrogen (secondary N) is 1. The van der Waals surface area contributed by atoms with Gasteiger partial charge in [0, 0.05) is 25.0 Å². The summed E-state index contributed by atoms with van der Waals surface area (Å²) in [6, 6.07) is 8.83. The van der Waals surface area contributed by atoms with Crippen LogP contribution in [0.4, 0.5) is 4.39 Å². The van der Waals surface area contributed by atoms with Crippen molar-refractivity contribution in [2.24, 2.45) is 0 Å². The van der Waals surface area contributed by atoms with Crippen LogP contribution in [0.15, 0.2) is 36.5 Å². The molecule has 94 valence electrons. The molecule has 4 heteroatoms. The lowest BCUT2D eigenvalue weighted by Crippen LogP contribution is -2.13. The summed E-state index contributed by atoms with van der Waals surface area (Å²) >= 11 is 5.62. The van der Waals surface area contributed by atoms with Gasteiger partial charge in [0.05, 0.1) is 5.02 Å². The SMILES string of the molecule is Cc1ccc(CNCc2ccc(Cl)c(F)c2)cn1. The maximum atomic E-state index is 13.2. The Morgan fingerprint density at radius 3 is 2.56 bits per heavy atom. The molecular formula is C14H14ClFN2. The van der Waals surface area contributed by atoms with E-state index in [1.165, 1.54) is 6.07 Å². The van der Waals surface area contributed by atoms with Crippen LogP contribution in [0.3, 0.4) is 0 Å². The summed E-state index contributed by atoms with van der Waals surface area (Å²) in [7, 11) is 0. The summed E-state index contributed by atoms with van der Waals surface area (Å²) in [4.78, 5) is 4.21. The number of hydrogen-bond donors (Lipinski definition) is 1. The number of pyridine rings is 1. The quantitative estimate of drug-likeness (QED) is 0.915. The van der Waals surface area contributed by atoms with Crippen LogP contribution in [0, 0.1) is 12.7 Å². The molecule has 0 amide bonds. The average molecular weight is 265 g/mol. The van der Waals surface area contributed by atoms with E-state index in [4.69, 9.17) is 11.6 Å². The van der Waals surface area contributed by atoms with Gasteiger partial charge in [-0.3, -0.25) is 4.98 Å². The number of nitrogens with zero attached hydrogens (tertiary/aromatic N) is 1. The van der Waals surface area contributed by atoms with Crippen molar-refractivity contribution in [3.05, 3.63) is 64.2 Å². The fourth-order valence-electron chi connectivity index (χ4n) is 1.60. The number of benzene rings is 1. The predicted octanol–water partition coefficient (Wildman–Crippen LogP) is 3.47. The molecule has 2 nitrogen and oxygen atoms in total. The molecule has 0 spiro atoms.